The molecule has 0 aromatic heterocycles. The molecule has 3 fully saturated rings. The highest BCUT2D eigenvalue weighted by atomic mass is 19.1. The first-order valence-corrected chi connectivity index (χ1v) is 11.4. The number of hydrogen-bond donors (Lipinski definition) is 1. The maximum absolute atomic E-state index is 13.7. The monoisotopic (exact) mass is 453 g/mol. The van der Waals surface area contributed by atoms with E-state index in [1.54, 1.807) is 18.7 Å². The summed E-state index contributed by atoms with van der Waals surface area (Å²) < 4.78 is 44.5. The first-order valence-electron chi connectivity index (χ1n) is 11.4. The summed E-state index contributed by atoms with van der Waals surface area (Å²) in [6, 6.07) is 3.02. The molecule has 1 N–H and O–H groups in total. The van der Waals surface area contributed by atoms with Gasteiger partial charge in [-0.25, -0.2) is 8.78 Å². The molecule has 1 aromatic carbocycles. The lowest BCUT2D eigenvalue weighted by atomic mass is 9.74. The van der Waals surface area contributed by atoms with Gasteiger partial charge in [0.05, 0.1) is 30.0 Å². The molecule has 3 aliphatic rings. The van der Waals surface area contributed by atoms with Gasteiger partial charge in [-0.15, -0.1) is 0 Å². The molecule has 178 valence electrons. The lowest BCUT2D eigenvalue weighted by Gasteiger charge is -2.39. The van der Waals surface area contributed by atoms with Crippen LogP contribution in [0.3, 0.4) is 0 Å². The predicted molar refractivity (Wildman–Crippen MR) is 113 cm³/mol. The van der Waals surface area contributed by atoms with E-state index in [1.807, 2.05) is 0 Å². The van der Waals surface area contributed by atoms with Crippen LogP contribution >= 0.6 is 0 Å². The summed E-state index contributed by atoms with van der Waals surface area (Å²) in [7, 11) is 0. The van der Waals surface area contributed by atoms with Crippen molar-refractivity contribution >= 4 is 5.91 Å². The fraction of sp³-hybridized carbons (Fsp3) is 0.708. The number of aliphatic hydroxyl groups is 1. The molecule has 3 saturated heterocycles. The second-order valence-electron chi connectivity index (χ2n) is 10.4. The lowest BCUT2D eigenvalue weighted by molar-refractivity contribution is -0.155. The third-order valence-corrected chi connectivity index (χ3v) is 7.41. The van der Waals surface area contributed by atoms with E-state index in [4.69, 9.17) is 14.2 Å². The van der Waals surface area contributed by atoms with E-state index in [2.05, 4.69) is 6.92 Å². The number of likely N-dealkylation sites (tertiary alicyclic amines) is 1. The van der Waals surface area contributed by atoms with Crippen molar-refractivity contribution in [2.45, 2.75) is 76.3 Å². The predicted octanol–water partition coefficient (Wildman–Crippen LogP) is 3.45. The Kier molecular flexibility index (Phi) is 6.24. The number of nitrogens with zero attached hydrogens (tertiary/aromatic N) is 1. The normalized spacial score (nSPS) is 30.1. The summed E-state index contributed by atoms with van der Waals surface area (Å²) >= 11 is 0. The molecule has 1 aromatic rings. The number of rotatable bonds is 5. The number of carbonyl (C=O) groups is 1. The van der Waals surface area contributed by atoms with E-state index < -0.39 is 22.8 Å². The summed E-state index contributed by atoms with van der Waals surface area (Å²) in [5, 5.41) is 10.3. The molecule has 0 radical (unpaired) electrons. The van der Waals surface area contributed by atoms with Crippen LogP contribution in [0.25, 0.3) is 0 Å². The standard InChI is InChI=1S/C24H33F2NO5/c1-22(2,29)19-6-7-23(3,32-19)20-13-24(15-31-20)8-10-27(11-9-24)21(28)14-30-18-5-4-16(25)12-17(18)26/h4-5,12,19-20,29H,6-11,13-15H2,1-3H3/t19-,20-,23+/m0/s1. The quantitative estimate of drug-likeness (QED) is 0.740. The highest BCUT2D eigenvalue weighted by Crippen LogP contribution is 2.49. The Morgan fingerprint density at radius 2 is 2.00 bits per heavy atom. The molecule has 3 aliphatic heterocycles. The summed E-state index contributed by atoms with van der Waals surface area (Å²) in [4.78, 5) is 14.3. The van der Waals surface area contributed by atoms with Crippen LogP contribution in [-0.4, -0.2) is 65.6 Å². The van der Waals surface area contributed by atoms with Gasteiger partial charge in [0, 0.05) is 19.2 Å². The Labute approximate surface area is 187 Å². The molecule has 0 unspecified atom stereocenters. The Balaban J connectivity index is 1.28. The maximum Gasteiger partial charge on any atom is 0.260 e. The van der Waals surface area contributed by atoms with Gasteiger partial charge in [-0.1, -0.05) is 0 Å². The van der Waals surface area contributed by atoms with Crippen molar-refractivity contribution in [2.24, 2.45) is 5.41 Å². The van der Waals surface area contributed by atoms with Crippen molar-refractivity contribution in [3.8, 4) is 5.75 Å². The molecular weight excluding hydrogens is 420 g/mol. The number of halogens is 2. The van der Waals surface area contributed by atoms with Crippen molar-refractivity contribution in [1.82, 2.24) is 4.90 Å². The molecule has 1 spiro atoms. The number of benzene rings is 1. The Bertz CT molecular complexity index is 849. The SMILES string of the molecule is CC(C)(O)[C@@H]1CC[C@](C)([C@@H]2CC3(CCN(C(=O)COc4ccc(F)cc4F)CC3)CO2)O1. The van der Waals surface area contributed by atoms with Crippen molar-refractivity contribution in [2.75, 3.05) is 26.3 Å². The number of carbonyl (C=O) groups excluding carboxylic acids is 1. The van der Waals surface area contributed by atoms with Crippen molar-refractivity contribution in [3.05, 3.63) is 29.8 Å². The Morgan fingerprint density at radius 1 is 1.28 bits per heavy atom. The van der Waals surface area contributed by atoms with E-state index in [0.29, 0.717) is 19.7 Å². The molecule has 1 amide bonds. The molecule has 32 heavy (non-hydrogen) atoms. The van der Waals surface area contributed by atoms with Gasteiger partial charge in [0.15, 0.2) is 18.2 Å². The minimum absolute atomic E-state index is 0.0184. The molecular formula is C24H33F2NO5. The maximum atomic E-state index is 13.7. The Hall–Kier alpha value is -1.77. The summed E-state index contributed by atoms with van der Waals surface area (Å²) in [5.74, 6) is -1.85. The molecule has 0 aliphatic carbocycles. The van der Waals surface area contributed by atoms with Gasteiger partial charge in [-0.2, -0.15) is 0 Å². The molecule has 0 saturated carbocycles. The van der Waals surface area contributed by atoms with Crippen LogP contribution in [0.1, 0.15) is 52.9 Å². The highest BCUT2D eigenvalue weighted by molar-refractivity contribution is 5.77. The summed E-state index contributed by atoms with van der Waals surface area (Å²) in [6.45, 7) is 7.18. The first-order chi connectivity index (χ1) is 15.0. The molecule has 3 heterocycles. The van der Waals surface area contributed by atoms with Crippen molar-refractivity contribution in [1.29, 1.82) is 0 Å². The lowest BCUT2D eigenvalue weighted by Crippen LogP contribution is -2.46. The number of amides is 1. The minimum atomic E-state index is -0.876. The van der Waals surface area contributed by atoms with E-state index in [-0.39, 0.29) is 35.9 Å². The Morgan fingerprint density at radius 3 is 2.62 bits per heavy atom. The van der Waals surface area contributed by atoms with Gasteiger partial charge in [0.25, 0.3) is 5.91 Å². The zero-order chi connectivity index (χ0) is 23.1. The van der Waals surface area contributed by atoms with Crippen LogP contribution in [0.15, 0.2) is 18.2 Å². The molecule has 4 rings (SSSR count). The fourth-order valence-electron chi connectivity index (χ4n) is 5.18. The number of piperidine rings is 1. The topological polar surface area (TPSA) is 68.2 Å². The zero-order valence-electron chi connectivity index (χ0n) is 19.0. The van der Waals surface area contributed by atoms with Gasteiger partial charge in [0.1, 0.15) is 5.82 Å². The van der Waals surface area contributed by atoms with E-state index in [0.717, 1.165) is 44.2 Å². The van der Waals surface area contributed by atoms with Gasteiger partial charge in [0.2, 0.25) is 0 Å². The van der Waals surface area contributed by atoms with Crippen LogP contribution in [0.4, 0.5) is 8.78 Å². The average Bonchev–Trinajstić information content (AvgIpc) is 3.33. The first kappa shape index (κ1) is 23.4. The van der Waals surface area contributed by atoms with Crippen LogP contribution in [-0.2, 0) is 14.3 Å². The van der Waals surface area contributed by atoms with E-state index >= 15 is 0 Å². The third kappa shape index (κ3) is 4.77. The van der Waals surface area contributed by atoms with Crippen molar-refractivity contribution in [3.63, 3.8) is 0 Å². The minimum Gasteiger partial charge on any atom is -0.481 e. The van der Waals surface area contributed by atoms with E-state index in [1.165, 1.54) is 6.07 Å². The number of ether oxygens (including phenoxy) is 3. The molecule has 3 atom stereocenters. The van der Waals surface area contributed by atoms with Gasteiger partial charge >= 0.3 is 0 Å². The van der Waals surface area contributed by atoms with Gasteiger partial charge in [-0.05, 0) is 70.4 Å². The largest absolute Gasteiger partial charge is 0.481 e. The number of hydrogen-bond acceptors (Lipinski definition) is 5. The molecule has 8 heteroatoms. The second-order valence-corrected chi connectivity index (χ2v) is 10.4. The zero-order valence-corrected chi connectivity index (χ0v) is 19.0. The van der Waals surface area contributed by atoms with Gasteiger partial charge < -0.3 is 24.2 Å². The third-order valence-electron chi connectivity index (χ3n) is 7.41. The summed E-state index contributed by atoms with van der Waals surface area (Å²) in [5.41, 5.74) is -1.27. The second kappa shape index (κ2) is 8.54. The average molecular weight is 454 g/mol. The van der Waals surface area contributed by atoms with Crippen LogP contribution in [0, 0.1) is 17.0 Å². The van der Waals surface area contributed by atoms with Crippen LogP contribution in [0.2, 0.25) is 0 Å². The highest BCUT2D eigenvalue weighted by Gasteiger charge is 2.53. The van der Waals surface area contributed by atoms with E-state index in [9.17, 15) is 18.7 Å². The smallest absolute Gasteiger partial charge is 0.260 e. The fourth-order valence-corrected chi connectivity index (χ4v) is 5.18. The molecule has 0 bridgehead atoms. The van der Waals surface area contributed by atoms with Gasteiger partial charge in [-0.3, -0.25) is 4.79 Å². The van der Waals surface area contributed by atoms with Crippen molar-refractivity contribution < 1.29 is 32.9 Å². The summed E-state index contributed by atoms with van der Waals surface area (Å²) in [6.07, 6.45) is 3.96. The van der Waals surface area contributed by atoms with Crippen LogP contribution < -0.4 is 4.74 Å². The van der Waals surface area contributed by atoms with Crippen LogP contribution in [0.5, 0.6) is 5.75 Å². The molecule has 6 nitrogen and oxygen atoms in total.